The van der Waals surface area contributed by atoms with Crippen molar-refractivity contribution >= 4 is 17.5 Å². The van der Waals surface area contributed by atoms with Crippen LogP contribution in [-0.2, 0) is 6.42 Å². The molecule has 1 amide bonds. The molecule has 4 rings (SSSR count). The fourth-order valence-corrected chi connectivity index (χ4v) is 4.42. The lowest BCUT2D eigenvalue weighted by atomic mass is 9.86. The van der Waals surface area contributed by atoms with Crippen LogP contribution in [0.2, 0.25) is 5.02 Å². The Hall–Kier alpha value is -2.86. The molecule has 2 aromatic heterocycles. The molecule has 1 aromatic carbocycles. The topological polar surface area (TPSA) is 59.0 Å². The van der Waals surface area contributed by atoms with Crippen LogP contribution in [0, 0.1) is 11.7 Å². The molecular weight excluding hydrogens is 415 g/mol. The van der Waals surface area contributed by atoms with Gasteiger partial charge in [-0.3, -0.25) is 9.78 Å². The molecule has 0 aliphatic carbocycles. The van der Waals surface area contributed by atoms with Crippen molar-refractivity contribution in [1.29, 1.82) is 0 Å². The second-order valence-electron chi connectivity index (χ2n) is 7.93. The molecule has 160 valence electrons. The summed E-state index contributed by atoms with van der Waals surface area (Å²) in [7, 11) is 0. The van der Waals surface area contributed by atoms with E-state index in [-0.39, 0.29) is 23.3 Å². The van der Waals surface area contributed by atoms with Crippen molar-refractivity contribution in [3.8, 4) is 11.4 Å². The SMILES string of the molecule is C[C@@H]1CCCN(C(=O)c2cccc(F)c2-c2ncccn2)[C@@H]1CCc1ccc(Cl)cn1. The van der Waals surface area contributed by atoms with Crippen LogP contribution in [0.1, 0.15) is 42.2 Å². The summed E-state index contributed by atoms with van der Waals surface area (Å²) < 4.78 is 14.8. The number of rotatable bonds is 5. The van der Waals surface area contributed by atoms with Gasteiger partial charge in [-0.1, -0.05) is 24.6 Å². The van der Waals surface area contributed by atoms with Crippen LogP contribution in [0.4, 0.5) is 4.39 Å². The molecule has 3 heterocycles. The number of hydrogen-bond donors (Lipinski definition) is 0. The van der Waals surface area contributed by atoms with Crippen LogP contribution < -0.4 is 0 Å². The van der Waals surface area contributed by atoms with E-state index in [0.29, 0.717) is 23.0 Å². The van der Waals surface area contributed by atoms with E-state index in [4.69, 9.17) is 11.6 Å². The largest absolute Gasteiger partial charge is 0.335 e. The number of amides is 1. The second kappa shape index (κ2) is 9.52. The first-order chi connectivity index (χ1) is 15.0. The van der Waals surface area contributed by atoms with Gasteiger partial charge >= 0.3 is 0 Å². The lowest BCUT2D eigenvalue weighted by Gasteiger charge is -2.40. The van der Waals surface area contributed by atoms with Crippen LogP contribution in [0.5, 0.6) is 0 Å². The fourth-order valence-electron chi connectivity index (χ4n) is 4.30. The Balaban J connectivity index is 1.62. The molecule has 31 heavy (non-hydrogen) atoms. The molecule has 5 nitrogen and oxygen atoms in total. The highest BCUT2D eigenvalue weighted by Crippen LogP contribution is 2.31. The number of carbonyl (C=O) groups excluding carboxylic acids is 1. The zero-order chi connectivity index (χ0) is 21.8. The molecule has 0 radical (unpaired) electrons. The third-order valence-corrected chi connectivity index (χ3v) is 6.12. The van der Waals surface area contributed by atoms with Gasteiger partial charge < -0.3 is 4.90 Å². The average molecular weight is 439 g/mol. The van der Waals surface area contributed by atoms with E-state index < -0.39 is 5.82 Å². The summed E-state index contributed by atoms with van der Waals surface area (Å²) in [6, 6.07) is 10.0. The van der Waals surface area contributed by atoms with Crippen molar-refractivity contribution in [3.63, 3.8) is 0 Å². The van der Waals surface area contributed by atoms with E-state index in [1.54, 1.807) is 36.8 Å². The third kappa shape index (κ3) is 4.74. The van der Waals surface area contributed by atoms with Crippen LogP contribution in [0.3, 0.4) is 0 Å². The highest BCUT2D eigenvalue weighted by atomic mass is 35.5. The fraction of sp³-hybridized carbons (Fsp3) is 0.333. The first-order valence-electron chi connectivity index (χ1n) is 10.5. The standard InChI is InChI=1S/C24H24ClFN4O/c1-16-5-3-14-30(21(16)11-10-18-9-8-17(25)15-29-18)24(31)19-6-2-7-20(26)22(19)23-27-12-4-13-28-23/h2,4,6-9,12-13,15-16,21H,3,5,10-11,14H2,1H3/t16-,21-/m1/s1. The average Bonchev–Trinajstić information content (AvgIpc) is 2.79. The van der Waals surface area contributed by atoms with Gasteiger partial charge in [-0.05, 0) is 61.9 Å². The van der Waals surface area contributed by atoms with Gasteiger partial charge in [0, 0.05) is 36.9 Å². The smallest absolute Gasteiger partial charge is 0.254 e. The number of carbonyl (C=O) groups is 1. The molecule has 1 aliphatic rings. The Labute approximate surface area is 186 Å². The maximum atomic E-state index is 14.8. The Bertz CT molecular complexity index is 1050. The number of halogens is 2. The quantitative estimate of drug-likeness (QED) is 0.549. The number of nitrogens with zero attached hydrogens (tertiary/aromatic N) is 4. The van der Waals surface area contributed by atoms with Crippen molar-refractivity contribution in [2.45, 2.75) is 38.6 Å². The van der Waals surface area contributed by atoms with Crippen molar-refractivity contribution in [1.82, 2.24) is 19.9 Å². The van der Waals surface area contributed by atoms with Crippen molar-refractivity contribution < 1.29 is 9.18 Å². The van der Waals surface area contributed by atoms with Crippen molar-refractivity contribution in [3.05, 3.63) is 77.1 Å². The van der Waals surface area contributed by atoms with Gasteiger partial charge in [-0.25, -0.2) is 14.4 Å². The second-order valence-corrected chi connectivity index (χ2v) is 8.36. The Kier molecular flexibility index (Phi) is 6.56. The molecular formula is C24H24ClFN4O. The summed E-state index contributed by atoms with van der Waals surface area (Å²) in [6.07, 6.45) is 8.25. The van der Waals surface area contributed by atoms with Gasteiger partial charge in [0.15, 0.2) is 5.82 Å². The summed E-state index contributed by atoms with van der Waals surface area (Å²) >= 11 is 5.94. The molecule has 0 saturated carbocycles. The number of benzene rings is 1. The van der Waals surface area contributed by atoms with Crippen LogP contribution in [0.25, 0.3) is 11.4 Å². The molecule has 1 saturated heterocycles. The zero-order valence-corrected chi connectivity index (χ0v) is 18.1. The van der Waals surface area contributed by atoms with Crippen LogP contribution in [0.15, 0.2) is 55.0 Å². The predicted molar refractivity (Wildman–Crippen MR) is 118 cm³/mol. The number of piperidine rings is 1. The van der Waals surface area contributed by atoms with Gasteiger partial charge in [0.2, 0.25) is 0 Å². The highest BCUT2D eigenvalue weighted by Gasteiger charge is 2.33. The first kappa shape index (κ1) is 21.4. The summed E-state index contributed by atoms with van der Waals surface area (Å²) in [4.78, 5) is 28.3. The summed E-state index contributed by atoms with van der Waals surface area (Å²) in [5.41, 5.74) is 1.40. The van der Waals surface area contributed by atoms with Gasteiger partial charge in [-0.2, -0.15) is 0 Å². The Morgan fingerprint density at radius 3 is 2.71 bits per heavy atom. The summed E-state index contributed by atoms with van der Waals surface area (Å²) in [6.45, 7) is 2.82. The van der Waals surface area contributed by atoms with E-state index in [2.05, 4.69) is 21.9 Å². The predicted octanol–water partition coefficient (Wildman–Crippen LogP) is 5.20. The molecule has 1 fully saturated rings. The highest BCUT2D eigenvalue weighted by molar-refractivity contribution is 6.30. The number of aryl methyl sites for hydroxylation is 1. The molecule has 0 spiro atoms. The molecule has 0 unspecified atom stereocenters. The van der Waals surface area contributed by atoms with Gasteiger partial charge in [0.05, 0.1) is 16.1 Å². The number of likely N-dealkylation sites (tertiary alicyclic amines) is 1. The number of pyridine rings is 1. The van der Waals surface area contributed by atoms with E-state index >= 15 is 0 Å². The summed E-state index contributed by atoms with van der Waals surface area (Å²) in [5, 5.41) is 0.605. The minimum atomic E-state index is -0.496. The minimum Gasteiger partial charge on any atom is -0.335 e. The van der Waals surface area contributed by atoms with E-state index in [0.717, 1.165) is 31.4 Å². The van der Waals surface area contributed by atoms with Gasteiger partial charge in [0.1, 0.15) is 5.82 Å². The van der Waals surface area contributed by atoms with Crippen molar-refractivity contribution in [2.75, 3.05) is 6.54 Å². The number of hydrogen-bond acceptors (Lipinski definition) is 4. The molecule has 1 aliphatic heterocycles. The molecule has 0 N–H and O–H groups in total. The lowest BCUT2D eigenvalue weighted by Crippen LogP contribution is -2.48. The van der Waals surface area contributed by atoms with Crippen LogP contribution >= 0.6 is 11.6 Å². The monoisotopic (exact) mass is 438 g/mol. The molecule has 3 aromatic rings. The first-order valence-corrected chi connectivity index (χ1v) is 10.9. The normalized spacial score (nSPS) is 18.7. The van der Waals surface area contributed by atoms with Gasteiger partial charge in [0.25, 0.3) is 5.91 Å². The van der Waals surface area contributed by atoms with E-state index in [9.17, 15) is 9.18 Å². The maximum absolute atomic E-state index is 14.8. The zero-order valence-electron chi connectivity index (χ0n) is 17.3. The lowest BCUT2D eigenvalue weighted by molar-refractivity contribution is 0.0499. The van der Waals surface area contributed by atoms with E-state index in [1.807, 2.05) is 17.0 Å². The Morgan fingerprint density at radius 2 is 1.97 bits per heavy atom. The van der Waals surface area contributed by atoms with E-state index in [1.165, 1.54) is 6.07 Å². The van der Waals surface area contributed by atoms with Crippen molar-refractivity contribution in [2.24, 2.45) is 5.92 Å². The maximum Gasteiger partial charge on any atom is 0.254 e. The molecule has 7 heteroatoms. The van der Waals surface area contributed by atoms with Gasteiger partial charge in [-0.15, -0.1) is 0 Å². The molecule has 0 bridgehead atoms. The number of aromatic nitrogens is 3. The summed E-state index contributed by atoms with van der Waals surface area (Å²) in [5.74, 6) is -0.113. The van der Waals surface area contributed by atoms with Crippen LogP contribution in [-0.4, -0.2) is 38.3 Å². The minimum absolute atomic E-state index is 0.0477. The Morgan fingerprint density at radius 1 is 1.16 bits per heavy atom. The third-order valence-electron chi connectivity index (χ3n) is 5.89. The molecule has 2 atom stereocenters.